The highest BCUT2D eigenvalue weighted by atomic mass is 16.5. The van der Waals surface area contributed by atoms with E-state index in [1.807, 2.05) is 54.6 Å². The molecule has 0 bridgehead atoms. The molecule has 3 aromatic carbocycles. The van der Waals surface area contributed by atoms with Crippen LogP contribution in [-0.2, 0) is 6.61 Å². The van der Waals surface area contributed by atoms with Gasteiger partial charge >= 0.3 is 0 Å². The van der Waals surface area contributed by atoms with Gasteiger partial charge in [0, 0.05) is 6.07 Å². The summed E-state index contributed by atoms with van der Waals surface area (Å²) in [4.78, 5) is 12.1. The molecule has 6 nitrogen and oxygen atoms in total. The number of nitrogens with zero attached hydrogens (tertiary/aromatic N) is 1. The zero-order chi connectivity index (χ0) is 19.8. The molecular formula is C22H20N2O4. The minimum absolute atomic E-state index is 0.114. The second-order valence-corrected chi connectivity index (χ2v) is 5.93. The Balaban J connectivity index is 1.53. The van der Waals surface area contributed by atoms with Crippen LogP contribution in [0.3, 0.4) is 0 Å². The minimum Gasteiger partial charge on any atom is -0.507 e. The van der Waals surface area contributed by atoms with Crippen LogP contribution in [-0.4, -0.2) is 24.3 Å². The van der Waals surface area contributed by atoms with E-state index in [1.54, 1.807) is 6.07 Å². The van der Waals surface area contributed by atoms with Crippen LogP contribution < -0.4 is 14.9 Å². The number of carbonyl (C=O) groups is 1. The molecule has 0 atom stereocenters. The van der Waals surface area contributed by atoms with E-state index < -0.39 is 5.91 Å². The van der Waals surface area contributed by atoms with Crippen molar-refractivity contribution in [1.29, 1.82) is 0 Å². The van der Waals surface area contributed by atoms with E-state index in [-0.39, 0.29) is 11.3 Å². The van der Waals surface area contributed by atoms with Crippen LogP contribution in [0.25, 0.3) is 0 Å². The predicted octanol–water partition coefficient (Wildman–Crippen LogP) is 3.74. The Hall–Kier alpha value is -3.80. The summed E-state index contributed by atoms with van der Waals surface area (Å²) in [6.07, 6.45) is 1.51. The first-order chi connectivity index (χ1) is 13.7. The molecule has 2 N–H and O–H groups in total. The van der Waals surface area contributed by atoms with Crippen molar-refractivity contribution in [2.45, 2.75) is 6.61 Å². The van der Waals surface area contributed by atoms with Crippen molar-refractivity contribution in [3.05, 3.63) is 89.5 Å². The number of methoxy groups -OCH3 is 1. The molecule has 0 spiro atoms. The third kappa shape index (κ3) is 5.11. The fourth-order valence-electron chi connectivity index (χ4n) is 2.45. The third-order valence-electron chi connectivity index (χ3n) is 3.96. The van der Waals surface area contributed by atoms with Crippen LogP contribution >= 0.6 is 0 Å². The number of nitrogens with one attached hydrogen (secondary N) is 1. The van der Waals surface area contributed by atoms with E-state index >= 15 is 0 Å². The maximum atomic E-state index is 12.1. The monoisotopic (exact) mass is 376 g/mol. The molecule has 0 unspecified atom stereocenters. The number of benzene rings is 3. The van der Waals surface area contributed by atoms with Gasteiger partial charge in [0.05, 0.1) is 18.9 Å². The van der Waals surface area contributed by atoms with Gasteiger partial charge in [0.15, 0.2) is 0 Å². The Morgan fingerprint density at radius 3 is 2.43 bits per heavy atom. The Kier molecular flexibility index (Phi) is 6.25. The van der Waals surface area contributed by atoms with Gasteiger partial charge in [0.25, 0.3) is 5.91 Å². The fourth-order valence-corrected chi connectivity index (χ4v) is 2.45. The van der Waals surface area contributed by atoms with Crippen LogP contribution in [0.2, 0.25) is 0 Å². The summed E-state index contributed by atoms with van der Waals surface area (Å²) < 4.78 is 10.7. The van der Waals surface area contributed by atoms with Gasteiger partial charge in [-0.15, -0.1) is 0 Å². The fraction of sp³-hybridized carbons (Fsp3) is 0.0909. The van der Waals surface area contributed by atoms with Gasteiger partial charge in [-0.2, -0.15) is 5.10 Å². The van der Waals surface area contributed by atoms with Crippen LogP contribution in [0.5, 0.6) is 17.2 Å². The lowest BCUT2D eigenvalue weighted by Gasteiger charge is -2.06. The number of aromatic hydroxyl groups is 1. The molecule has 0 heterocycles. The summed E-state index contributed by atoms with van der Waals surface area (Å²) >= 11 is 0. The van der Waals surface area contributed by atoms with Crippen LogP contribution in [0, 0.1) is 0 Å². The molecule has 142 valence electrons. The highest BCUT2D eigenvalue weighted by molar-refractivity contribution is 5.97. The summed E-state index contributed by atoms with van der Waals surface area (Å²) in [5.74, 6) is 0.520. The summed E-state index contributed by atoms with van der Waals surface area (Å²) in [5, 5.41) is 13.8. The lowest BCUT2D eigenvalue weighted by molar-refractivity contribution is 0.0952. The van der Waals surface area contributed by atoms with Crippen molar-refractivity contribution >= 4 is 12.1 Å². The van der Waals surface area contributed by atoms with Crippen molar-refractivity contribution in [1.82, 2.24) is 5.43 Å². The average Bonchev–Trinajstić information content (AvgIpc) is 2.73. The average molecular weight is 376 g/mol. The maximum absolute atomic E-state index is 12.1. The molecule has 0 aliphatic carbocycles. The van der Waals surface area contributed by atoms with Gasteiger partial charge in [-0.1, -0.05) is 30.3 Å². The Morgan fingerprint density at radius 1 is 1.04 bits per heavy atom. The van der Waals surface area contributed by atoms with Crippen LogP contribution in [0.15, 0.2) is 77.9 Å². The first-order valence-electron chi connectivity index (χ1n) is 8.63. The number of hydrogen-bond donors (Lipinski definition) is 2. The maximum Gasteiger partial charge on any atom is 0.275 e. The number of amides is 1. The zero-order valence-corrected chi connectivity index (χ0v) is 15.3. The second-order valence-electron chi connectivity index (χ2n) is 5.93. The van der Waals surface area contributed by atoms with E-state index in [1.165, 1.54) is 25.5 Å². The first kappa shape index (κ1) is 19.0. The number of ether oxygens (including phenoxy) is 2. The van der Waals surface area contributed by atoms with Gasteiger partial charge in [-0.05, 0) is 47.5 Å². The topological polar surface area (TPSA) is 80.2 Å². The molecule has 3 aromatic rings. The quantitative estimate of drug-likeness (QED) is 0.486. The first-order valence-corrected chi connectivity index (χ1v) is 8.63. The van der Waals surface area contributed by atoms with Gasteiger partial charge < -0.3 is 14.6 Å². The smallest absolute Gasteiger partial charge is 0.275 e. The van der Waals surface area contributed by atoms with Crippen molar-refractivity contribution in [3.63, 3.8) is 0 Å². The molecule has 0 saturated carbocycles. The molecule has 0 saturated heterocycles. The highest BCUT2D eigenvalue weighted by Crippen LogP contribution is 2.23. The Morgan fingerprint density at radius 2 is 1.75 bits per heavy atom. The van der Waals surface area contributed by atoms with E-state index in [0.29, 0.717) is 12.4 Å². The third-order valence-corrected chi connectivity index (χ3v) is 3.96. The molecule has 6 heteroatoms. The molecular weight excluding hydrogens is 356 g/mol. The molecule has 0 aliphatic heterocycles. The van der Waals surface area contributed by atoms with E-state index in [0.717, 1.165) is 16.9 Å². The van der Waals surface area contributed by atoms with E-state index in [2.05, 4.69) is 10.5 Å². The van der Waals surface area contributed by atoms with E-state index in [4.69, 9.17) is 9.47 Å². The number of phenols is 1. The molecule has 0 aromatic heterocycles. The number of carbonyl (C=O) groups excluding carboxylic acids is 1. The van der Waals surface area contributed by atoms with Crippen molar-refractivity contribution in [3.8, 4) is 17.2 Å². The normalized spacial score (nSPS) is 10.6. The van der Waals surface area contributed by atoms with Gasteiger partial charge in [-0.25, -0.2) is 5.43 Å². The Labute approximate surface area is 163 Å². The molecule has 3 rings (SSSR count). The largest absolute Gasteiger partial charge is 0.507 e. The number of hydrogen-bond acceptors (Lipinski definition) is 5. The highest BCUT2D eigenvalue weighted by Gasteiger charge is 2.11. The zero-order valence-electron chi connectivity index (χ0n) is 15.3. The standard InChI is InChI=1S/C22H20N2O4/c1-27-19-11-12-20(21(25)13-19)22(26)24-23-14-16-7-9-18(10-8-16)28-15-17-5-3-2-4-6-17/h2-14,25H,15H2,1H3,(H,24,26)/b23-14-. The summed E-state index contributed by atoms with van der Waals surface area (Å²) in [6, 6.07) is 21.7. The van der Waals surface area contributed by atoms with Gasteiger partial charge in [0.1, 0.15) is 23.9 Å². The molecule has 0 fully saturated rings. The lowest BCUT2D eigenvalue weighted by Crippen LogP contribution is -2.17. The predicted molar refractivity (Wildman–Crippen MR) is 107 cm³/mol. The molecule has 0 radical (unpaired) electrons. The summed E-state index contributed by atoms with van der Waals surface area (Å²) in [5.41, 5.74) is 4.39. The number of hydrazone groups is 1. The summed E-state index contributed by atoms with van der Waals surface area (Å²) in [6.45, 7) is 0.496. The molecule has 1 amide bonds. The van der Waals surface area contributed by atoms with Crippen molar-refractivity contribution in [2.75, 3.05) is 7.11 Å². The van der Waals surface area contributed by atoms with Crippen LogP contribution in [0.1, 0.15) is 21.5 Å². The number of phenolic OH excluding ortho intramolecular Hbond substituents is 1. The molecule has 0 aliphatic rings. The second kappa shape index (κ2) is 9.23. The summed E-state index contributed by atoms with van der Waals surface area (Å²) in [7, 11) is 1.48. The SMILES string of the molecule is COc1ccc(C(=O)N/N=C\c2ccc(OCc3ccccc3)cc2)c(O)c1. The minimum atomic E-state index is -0.515. The van der Waals surface area contributed by atoms with Gasteiger partial charge in [0.2, 0.25) is 0 Å². The molecule has 28 heavy (non-hydrogen) atoms. The van der Waals surface area contributed by atoms with E-state index in [9.17, 15) is 9.90 Å². The van der Waals surface area contributed by atoms with Crippen molar-refractivity contribution < 1.29 is 19.4 Å². The van der Waals surface area contributed by atoms with Crippen molar-refractivity contribution in [2.24, 2.45) is 5.10 Å². The Bertz CT molecular complexity index is 954. The number of rotatable bonds is 7. The lowest BCUT2D eigenvalue weighted by atomic mass is 10.2. The van der Waals surface area contributed by atoms with Crippen LogP contribution in [0.4, 0.5) is 0 Å². The van der Waals surface area contributed by atoms with Gasteiger partial charge in [-0.3, -0.25) is 4.79 Å².